The minimum Gasteiger partial charge on any atom is -0.393 e. The first kappa shape index (κ1) is 7.14. The van der Waals surface area contributed by atoms with Crippen molar-refractivity contribution in [1.82, 2.24) is 0 Å². The van der Waals surface area contributed by atoms with Gasteiger partial charge in [-0.1, -0.05) is 12.7 Å². The Kier molecular flexibility index (Phi) is 2.58. The van der Waals surface area contributed by atoms with Gasteiger partial charge in [-0.05, 0) is 25.2 Å². The quantitative estimate of drug-likeness (QED) is 0.546. The molecule has 0 saturated heterocycles. The zero-order valence-corrected chi connectivity index (χ0v) is 6.14. The second-order valence-corrected chi connectivity index (χ2v) is 3.05. The largest absolute Gasteiger partial charge is 0.393 e. The lowest BCUT2D eigenvalue weighted by Gasteiger charge is -2.05. The maximum absolute atomic E-state index is 9.32. The molecule has 0 aliphatic heterocycles. The summed E-state index contributed by atoms with van der Waals surface area (Å²) in [5, 5.41) is 9.32. The summed E-state index contributed by atoms with van der Waals surface area (Å²) in [6.45, 7) is 0. The van der Waals surface area contributed by atoms with Crippen LogP contribution < -0.4 is 0 Å². The van der Waals surface area contributed by atoms with Gasteiger partial charge in [0, 0.05) is 0 Å². The zero-order chi connectivity index (χ0) is 6.69. The summed E-state index contributed by atoms with van der Waals surface area (Å²) in [6, 6.07) is 0. The molecule has 0 amide bonds. The molecular weight excluding hydrogens is 111 g/mol. The number of hydrogen-bond acceptors (Lipinski definition) is 1. The van der Waals surface area contributed by atoms with Gasteiger partial charge in [0.2, 0.25) is 0 Å². The second-order valence-electron chi connectivity index (χ2n) is 3.05. The van der Waals surface area contributed by atoms with Gasteiger partial charge in [-0.3, -0.25) is 0 Å². The molecule has 1 atom stereocenters. The Morgan fingerprint density at radius 2 is 2.22 bits per heavy atom. The summed E-state index contributed by atoms with van der Waals surface area (Å²) in [7, 11) is 2.17. The maximum Gasteiger partial charge on any atom is 0.101 e. The molecule has 2 heteroatoms. The third kappa shape index (κ3) is 2.40. The van der Waals surface area contributed by atoms with E-state index < -0.39 is 0 Å². The fourth-order valence-corrected chi connectivity index (χ4v) is 1.13. The number of aliphatic hydroxyl groups is 1. The summed E-state index contributed by atoms with van der Waals surface area (Å²) < 4.78 is 0. The van der Waals surface area contributed by atoms with Gasteiger partial charge in [0.25, 0.3) is 0 Å². The van der Waals surface area contributed by atoms with E-state index in [-0.39, 0.29) is 6.10 Å². The molecule has 0 bridgehead atoms. The lowest BCUT2D eigenvalue weighted by atomic mass is 9.97. The van der Waals surface area contributed by atoms with E-state index in [1.807, 2.05) is 0 Å². The van der Waals surface area contributed by atoms with Crippen LogP contribution in [0.5, 0.6) is 0 Å². The van der Waals surface area contributed by atoms with Gasteiger partial charge in [0.05, 0.1) is 6.10 Å². The predicted molar refractivity (Wildman–Crippen MR) is 41.3 cm³/mol. The van der Waals surface area contributed by atoms with E-state index in [9.17, 15) is 5.11 Å². The molecule has 1 aliphatic rings. The van der Waals surface area contributed by atoms with E-state index in [0.717, 1.165) is 6.42 Å². The van der Waals surface area contributed by atoms with Crippen LogP contribution in [-0.2, 0) is 0 Å². The molecule has 1 rings (SSSR count). The molecule has 0 radical (unpaired) electrons. The molecule has 9 heavy (non-hydrogen) atoms. The van der Waals surface area contributed by atoms with Gasteiger partial charge in [0.15, 0.2) is 0 Å². The molecule has 0 aromatic carbocycles. The molecule has 1 unspecified atom stereocenters. The Balaban J connectivity index is 1.96. The third-order valence-corrected chi connectivity index (χ3v) is 2.02. The topological polar surface area (TPSA) is 20.2 Å². The van der Waals surface area contributed by atoms with Gasteiger partial charge in [-0.25, -0.2) is 0 Å². The van der Waals surface area contributed by atoms with Crippen molar-refractivity contribution in [1.29, 1.82) is 0 Å². The van der Waals surface area contributed by atoms with Crippen molar-refractivity contribution in [2.45, 2.75) is 38.1 Å². The highest BCUT2D eigenvalue weighted by atomic mass is 16.3. The lowest BCUT2D eigenvalue weighted by molar-refractivity contribution is 0.140. The normalized spacial score (nSPS) is 21.9. The monoisotopic (exact) mass is 126 g/mol. The molecule has 0 aromatic heterocycles. The van der Waals surface area contributed by atoms with E-state index in [4.69, 9.17) is 0 Å². The highest BCUT2D eigenvalue weighted by Gasteiger charge is 2.28. The highest BCUT2D eigenvalue weighted by Crippen LogP contribution is 2.34. The number of rotatable bonds is 4. The van der Waals surface area contributed by atoms with Gasteiger partial charge >= 0.3 is 0 Å². The molecule has 1 fully saturated rings. The first-order valence-corrected chi connectivity index (χ1v) is 4.02. The third-order valence-electron chi connectivity index (χ3n) is 2.02. The average molecular weight is 126 g/mol. The van der Waals surface area contributed by atoms with Crippen LogP contribution in [0, 0.1) is 5.92 Å². The van der Waals surface area contributed by atoms with Crippen LogP contribution in [0.3, 0.4) is 0 Å². The zero-order valence-electron chi connectivity index (χ0n) is 6.14. The molecule has 52 valence electrons. The Morgan fingerprint density at radius 3 is 2.67 bits per heavy atom. The Labute approximate surface area is 57.9 Å². The van der Waals surface area contributed by atoms with Crippen molar-refractivity contribution in [2.75, 3.05) is 0 Å². The van der Waals surface area contributed by atoms with Gasteiger partial charge in [-0.15, -0.1) is 0 Å². The number of aliphatic hydroxyl groups excluding tert-OH is 1. The minimum atomic E-state index is 0.0324. The SMILES string of the molecule is BCCCC(O)C1CC1. The Morgan fingerprint density at radius 1 is 1.56 bits per heavy atom. The van der Waals surface area contributed by atoms with Crippen molar-refractivity contribution in [2.24, 2.45) is 5.92 Å². The predicted octanol–water partition coefficient (Wildman–Crippen LogP) is 0.589. The standard InChI is InChI=1S/C7H15BO/c8-5-1-2-7(9)6-3-4-6/h6-7,9H,1-5,8H2. The van der Waals surface area contributed by atoms with Crippen LogP contribution in [0.2, 0.25) is 6.32 Å². The Bertz CT molecular complexity index is 81.0. The maximum atomic E-state index is 9.32. The summed E-state index contributed by atoms with van der Waals surface area (Å²) in [5.41, 5.74) is 0. The van der Waals surface area contributed by atoms with E-state index >= 15 is 0 Å². The van der Waals surface area contributed by atoms with Crippen molar-refractivity contribution in [3.8, 4) is 0 Å². The smallest absolute Gasteiger partial charge is 0.101 e. The molecule has 0 spiro atoms. The highest BCUT2D eigenvalue weighted by molar-refractivity contribution is 6.08. The minimum absolute atomic E-state index is 0.0324. The second kappa shape index (κ2) is 3.26. The van der Waals surface area contributed by atoms with Crippen molar-refractivity contribution >= 4 is 7.85 Å². The van der Waals surface area contributed by atoms with Crippen LogP contribution in [0.4, 0.5) is 0 Å². The summed E-state index contributed by atoms with van der Waals surface area (Å²) in [6.07, 6.45) is 6.00. The van der Waals surface area contributed by atoms with Crippen molar-refractivity contribution in [3.05, 3.63) is 0 Å². The lowest BCUT2D eigenvalue weighted by Crippen LogP contribution is -2.07. The fourth-order valence-electron chi connectivity index (χ4n) is 1.13. The summed E-state index contributed by atoms with van der Waals surface area (Å²) >= 11 is 0. The van der Waals surface area contributed by atoms with E-state index in [1.165, 1.54) is 25.6 Å². The van der Waals surface area contributed by atoms with Gasteiger partial charge in [-0.2, -0.15) is 0 Å². The molecular formula is C7H15BO. The molecule has 0 aromatic rings. The number of hydrogen-bond donors (Lipinski definition) is 1. The fraction of sp³-hybridized carbons (Fsp3) is 1.00. The van der Waals surface area contributed by atoms with Crippen molar-refractivity contribution in [3.63, 3.8) is 0 Å². The average Bonchev–Trinajstić information content (AvgIpc) is 2.63. The first-order valence-electron chi connectivity index (χ1n) is 4.02. The molecule has 1 N–H and O–H groups in total. The van der Waals surface area contributed by atoms with E-state index in [0.29, 0.717) is 5.92 Å². The van der Waals surface area contributed by atoms with E-state index in [2.05, 4.69) is 7.85 Å². The van der Waals surface area contributed by atoms with E-state index in [1.54, 1.807) is 0 Å². The van der Waals surface area contributed by atoms with Crippen LogP contribution in [-0.4, -0.2) is 19.1 Å². The summed E-state index contributed by atoms with van der Waals surface area (Å²) in [5.74, 6) is 0.677. The molecule has 1 aliphatic carbocycles. The van der Waals surface area contributed by atoms with Crippen molar-refractivity contribution < 1.29 is 5.11 Å². The van der Waals surface area contributed by atoms with Crippen LogP contribution in [0.15, 0.2) is 0 Å². The van der Waals surface area contributed by atoms with Crippen LogP contribution in [0.25, 0.3) is 0 Å². The van der Waals surface area contributed by atoms with Gasteiger partial charge in [0.1, 0.15) is 7.85 Å². The van der Waals surface area contributed by atoms with Gasteiger partial charge < -0.3 is 5.11 Å². The van der Waals surface area contributed by atoms with Crippen LogP contribution in [0.1, 0.15) is 25.7 Å². The first-order chi connectivity index (χ1) is 4.34. The molecule has 0 heterocycles. The summed E-state index contributed by atoms with van der Waals surface area (Å²) in [4.78, 5) is 0. The Hall–Kier alpha value is 0.0249. The molecule has 1 nitrogen and oxygen atoms in total. The molecule has 1 saturated carbocycles. The van der Waals surface area contributed by atoms with Crippen LogP contribution >= 0.6 is 0 Å².